The van der Waals surface area contributed by atoms with Crippen LogP contribution in [-0.2, 0) is 13.6 Å². The van der Waals surface area contributed by atoms with Gasteiger partial charge in [0.2, 0.25) is 0 Å². The molecule has 2 fully saturated rings. The van der Waals surface area contributed by atoms with E-state index in [-0.39, 0.29) is 17.2 Å². The molecule has 7 heteroatoms. The maximum absolute atomic E-state index is 13.0. The zero-order valence-corrected chi connectivity index (χ0v) is 15.1. The molecule has 0 aromatic carbocycles. The second-order valence-corrected chi connectivity index (χ2v) is 7.52. The molecule has 4 rings (SSSR count). The van der Waals surface area contributed by atoms with Gasteiger partial charge in [0.25, 0.3) is 5.91 Å². The largest absolute Gasteiger partial charge is 0.336 e. The SMILES string of the molecule is CCn1ccc(C(=O)N2CC(c3nncn3C)C3(CCCCC3)C2)n1. The number of carbonyl (C=O) groups is 1. The van der Waals surface area contributed by atoms with Crippen LogP contribution in [-0.4, -0.2) is 48.4 Å². The number of nitrogens with zero attached hydrogens (tertiary/aromatic N) is 6. The highest BCUT2D eigenvalue weighted by Crippen LogP contribution is 2.51. The minimum atomic E-state index is 0.0433. The van der Waals surface area contributed by atoms with Crippen molar-refractivity contribution < 1.29 is 4.79 Å². The monoisotopic (exact) mass is 342 g/mol. The summed E-state index contributed by atoms with van der Waals surface area (Å²) in [6.45, 7) is 4.32. The molecule has 2 aliphatic rings. The lowest BCUT2D eigenvalue weighted by molar-refractivity contribution is 0.0751. The van der Waals surface area contributed by atoms with E-state index in [0.29, 0.717) is 12.2 Å². The third kappa shape index (κ3) is 2.75. The number of likely N-dealkylation sites (tertiary alicyclic amines) is 1. The fraction of sp³-hybridized carbons (Fsp3) is 0.667. The van der Waals surface area contributed by atoms with E-state index in [0.717, 1.165) is 31.8 Å². The summed E-state index contributed by atoms with van der Waals surface area (Å²) in [5.74, 6) is 1.32. The predicted molar refractivity (Wildman–Crippen MR) is 93.1 cm³/mol. The van der Waals surface area contributed by atoms with Crippen LogP contribution < -0.4 is 0 Å². The summed E-state index contributed by atoms with van der Waals surface area (Å²) >= 11 is 0. The molecule has 1 saturated heterocycles. The molecule has 2 aromatic heterocycles. The van der Waals surface area contributed by atoms with Crippen molar-refractivity contribution in [3.8, 4) is 0 Å². The molecule has 25 heavy (non-hydrogen) atoms. The Hall–Kier alpha value is -2.18. The van der Waals surface area contributed by atoms with Crippen LogP contribution in [0.25, 0.3) is 0 Å². The summed E-state index contributed by atoms with van der Waals surface area (Å²) in [5, 5.41) is 12.9. The summed E-state index contributed by atoms with van der Waals surface area (Å²) < 4.78 is 3.82. The fourth-order valence-corrected chi connectivity index (χ4v) is 4.66. The molecule has 1 aliphatic heterocycles. The molecule has 2 aromatic rings. The topological polar surface area (TPSA) is 68.8 Å². The smallest absolute Gasteiger partial charge is 0.274 e. The van der Waals surface area contributed by atoms with Gasteiger partial charge in [0.15, 0.2) is 0 Å². The second-order valence-electron chi connectivity index (χ2n) is 7.52. The molecule has 1 saturated carbocycles. The van der Waals surface area contributed by atoms with Gasteiger partial charge in [-0.1, -0.05) is 19.3 Å². The van der Waals surface area contributed by atoms with Crippen molar-refractivity contribution >= 4 is 5.91 Å². The predicted octanol–water partition coefficient (Wildman–Crippen LogP) is 2.22. The lowest BCUT2D eigenvalue weighted by Crippen LogP contribution is -2.34. The van der Waals surface area contributed by atoms with E-state index in [1.54, 1.807) is 11.0 Å². The number of carbonyl (C=O) groups excluding carboxylic acids is 1. The molecule has 0 radical (unpaired) electrons. The molecule has 1 atom stereocenters. The zero-order valence-electron chi connectivity index (χ0n) is 15.1. The number of aromatic nitrogens is 5. The molecule has 0 N–H and O–H groups in total. The van der Waals surface area contributed by atoms with Gasteiger partial charge in [0, 0.05) is 38.8 Å². The number of hydrogen-bond donors (Lipinski definition) is 0. The third-order valence-electron chi connectivity index (χ3n) is 6.03. The molecule has 0 bridgehead atoms. The number of aryl methyl sites for hydroxylation is 2. The van der Waals surface area contributed by atoms with E-state index in [2.05, 4.69) is 15.3 Å². The maximum atomic E-state index is 13.0. The van der Waals surface area contributed by atoms with Crippen molar-refractivity contribution in [2.45, 2.75) is 51.5 Å². The summed E-state index contributed by atoms with van der Waals surface area (Å²) in [6.07, 6.45) is 9.73. The summed E-state index contributed by atoms with van der Waals surface area (Å²) in [5.41, 5.74) is 0.689. The summed E-state index contributed by atoms with van der Waals surface area (Å²) in [7, 11) is 2.00. The van der Waals surface area contributed by atoms with Gasteiger partial charge in [0.1, 0.15) is 17.8 Å². The molecular formula is C18H26N6O. The standard InChI is InChI=1S/C18H26N6O/c1-3-24-10-7-15(21-24)17(25)23-11-14(16-20-19-13-22(16)2)18(12-23)8-5-4-6-9-18/h7,10,13-14H,3-6,8-9,11-12H2,1-2H3. The van der Waals surface area contributed by atoms with Gasteiger partial charge in [-0.15, -0.1) is 10.2 Å². The van der Waals surface area contributed by atoms with Crippen LogP contribution in [0.2, 0.25) is 0 Å². The van der Waals surface area contributed by atoms with Gasteiger partial charge in [-0.2, -0.15) is 5.10 Å². The second kappa shape index (κ2) is 6.28. The van der Waals surface area contributed by atoms with Crippen LogP contribution in [0.15, 0.2) is 18.6 Å². The van der Waals surface area contributed by atoms with Gasteiger partial charge in [-0.05, 0) is 31.2 Å². The number of amides is 1. The van der Waals surface area contributed by atoms with E-state index in [4.69, 9.17) is 0 Å². The Bertz CT molecular complexity index is 757. The van der Waals surface area contributed by atoms with E-state index in [9.17, 15) is 4.79 Å². The highest BCUT2D eigenvalue weighted by Gasteiger charge is 2.50. The Morgan fingerprint density at radius 3 is 2.76 bits per heavy atom. The van der Waals surface area contributed by atoms with Gasteiger partial charge in [0.05, 0.1) is 0 Å². The lowest BCUT2D eigenvalue weighted by Gasteiger charge is -2.37. The van der Waals surface area contributed by atoms with E-state index < -0.39 is 0 Å². The van der Waals surface area contributed by atoms with Crippen molar-refractivity contribution in [3.05, 3.63) is 30.1 Å². The number of hydrogen-bond acceptors (Lipinski definition) is 4. The summed E-state index contributed by atoms with van der Waals surface area (Å²) in [4.78, 5) is 15.0. The summed E-state index contributed by atoms with van der Waals surface area (Å²) in [6, 6.07) is 1.83. The van der Waals surface area contributed by atoms with E-state index >= 15 is 0 Å². The van der Waals surface area contributed by atoms with Crippen LogP contribution in [0.3, 0.4) is 0 Å². The van der Waals surface area contributed by atoms with Crippen molar-refractivity contribution in [1.29, 1.82) is 0 Å². The van der Waals surface area contributed by atoms with Gasteiger partial charge in [-0.25, -0.2) is 0 Å². The number of rotatable bonds is 3. The average Bonchev–Trinajstić information content (AvgIpc) is 3.34. The highest BCUT2D eigenvalue weighted by molar-refractivity contribution is 5.92. The Balaban J connectivity index is 1.63. The highest BCUT2D eigenvalue weighted by atomic mass is 16.2. The van der Waals surface area contributed by atoms with E-state index in [1.807, 2.05) is 35.7 Å². The third-order valence-corrected chi connectivity index (χ3v) is 6.03. The molecule has 1 amide bonds. The minimum Gasteiger partial charge on any atom is -0.336 e. The molecule has 3 heterocycles. The van der Waals surface area contributed by atoms with Gasteiger partial charge >= 0.3 is 0 Å². The van der Waals surface area contributed by atoms with Crippen LogP contribution in [0, 0.1) is 5.41 Å². The van der Waals surface area contributed by atoms with E-state index in [1.165, 1.54) is 19.3 Å². The van der Waals surface area contributed by atoms with Crippen LogP contribution in [0.1, 0.15) is 61.3 Å². The molecule has 1 unspecified atom stereocenters. The first-order valence-corrected chi connectivity index (χ1v) is 9.29. The van der Waals surface area contributed by atoms with Crippen LogP contribution in [0.4, 0.5) is 0 Å². The Morgan fingerprint density at radius 2 is 2.12 bits per heavy atom. The first-order chi connectivity index (χ1) is 12.1. The van der Waals surface area contributed by atoms with Crippen molar-refractivity contribution in [1.82, 2.24) is 29.4 Å². The van der Waals surface area contributed by atoms with Crippen molar-refractivity contribution in [2.75, 3.05) is 13.1 Å². The average molecular weight is 342 g/mol. The Kier molecular flexibility index (Phi) is 4.09. The molecular weight excluding hydrogens is 316 g/mol. The lowest BCUT2D eigenvalue weighted by atomic mass is 9.67. The normalized spacial score (nSPS) is 22.6. The molecule has 1 aliphatic carbocycles. The maximum Gasteiger partial charge on any atom is 0.274 e. The zero-order chi connectivity index (χ0) is 17.4. The van der Waals surface area contributed by atoms with Gasteiger partial charge in [-0.3, -0.25) is 9.48 Å². The fourth-order valence-electron chi connectivity index (χ4n) is 4.66. The van der Waals surface area contributed by atoms with Crippen molar-refractivity contribution in [2.24, 2.45) is 12.5 Å². The Morgan fingerprint density at radius 1 is 1.32 bits per heavy atom. The first-order valence-electron chi connectivity index (χ1n) is 9.29. The minimum absolute atomic E-state index is 0.0433. The van der Waals surface area contributed by atoms with Crippen molar-refractivity contribution in [3.63, 3.8) is 0 Å². The molecule has 134 valence electrons. The quantitative estimate of drug-likeness (QED) is 0.858. The first kappa shape index (κ1) is 16.3. The molecule has 7 nitrogen and oxygen atoms in total. The molecule has 1 spiro atoms. The Labute approximate surface area is 148 Å². The van der Waals surface area contributed by atoms with Gasteiger partial charge < -0.3 is 9.47 Å². The van der Waals surface area contributed by atoms with Crippen LogP contribution >= 0.6 is 0 Å². The van der Waals surface area contributed by atoms with Crippen LogP contribution in [0.5, 0.6) is 0 Å².